The van der Waals surface area contributed by atoms with Crippen LogP contribution in [-0.2, 0) is 0 Å². The first-order chi connectivity index (χ1) is 11.0. The second kappa shape index (κ2) is 8.21. The molecule has 1 aromatic heterocycles. The molecule has 0 radical (unpaired) electrons. The molecule has 2 rings (SSSR count). The number of nitrogens with zero attached hydrogens (tertiary/aromatic N) is 4. The number of nitrogens with one attached hydrogen (secondary N) is 1. The number of aryl methyl sites for hydroxylation is 1. The summed E-state index contributed by atoms with van der Waals surface area (Å²) >= 11 is 5.43. The summed E-state index contributed by atoms with van der Waals surface area (Å²) in [5.74, 6) is 0.148. The Balaban J connectivity index is 2.00. The Hall–Kier alpha value is -1.73. The number of thiocarbonyl (C=S) groups is 1. The number of piperazine rings is 1. The van der Waals surface area contributed by atoms with Crippen molar-refractivity contribution < 1.29 is 5.11 Å². The van der Waals surface area contributed by atoms with Crippen LogP contribution in [0.3, 0.4) is 0 Å². The Morgan fingerprint density at radius 3 is 2.61 bits per heavy atom. The number of aromatic nitrogens is 1. The van der Waals surface area contributed by atoms with Crippen molar-refractivity contribution in [3.63, 3.8) is 0 Å². The van der Waals surface area contributed by atoms with E-state index < -0.39 is 0 Å². The SMILES string of the molecule is CC/C(=N/NC(=S)N1CCN(CC)CC1)c1ncc(C)cc1O. The van der Waals surface area contributed by atoms with Crippen molar-refractivity contribution in [3.8, 4) is 5.75 Å². The molecule has 0 unspecified atom stereocenters. The second-order valence-electron chi connectivity index (χ2n) is 5.63. The average Bonchev–Trinajstić information content (AvgIpc) is 2.56. The summed E-state index contributed by atoms with van der Waals surface area (Å²) in [6, 6.07) is 1.69. The first-order valence-corrected chi connectivity index (χ1v) is 8.45. The van der Waals surface area contributed by atoms with Crippen molar-refractivity contribution in [1.29, 1.82) is 0 Å². The summed E-state index contributed by atoms with van der Waals surface area (Å²) in [5.41, 5.74) is 5.06. The predicted molar refractivity (Wildman–Crippen MR) is 96.9 cm³/mol. The highest BCUT2D eigenvalue weighted by atomic mass is 32.1. The van der Waals surface area contributed by atoms with Gasteiger partial charge >= 0.3 is 0 Å². The highest BCUT2D eigenvalue weighted by molar-refractivity contribution is 7.80. The Labute approximate surface area is 143 Å². The summed E-state index contributed by atoms with van der Waals surface area (Å²) in [4.78, 5) is 8.80. The molecule has 1 fully saturated rings. The Kier molecular flexibility index (Phi) is 6.29. The molecule has 2 heterocycles. The molecule has 7 heteroatoms. The van der Waals surface area contributed by atoms with Crippen molar-refractivity contribution in [2.75, 3.05) is 32.7 Å². The van der Waals surface area contributed by atoms with Gasteiger partial charge in [0.25, 0.3) is 0 Å². The lowest BCUT2D eigenvalue weighted by Gasteiger charge is -2.35. The lowest BCUT2D eigenvalue weighted by Crippen LogP contribution is -2.50. The molecule has 126 valence electrons. The van der Waals surface area contributed by atoms with Gasteiger partial charge in [-0.2, -0.15) is 5.10 Å². The summed E-state index contributed by atoms with van der Waals surface area (Å²) in [5, 5.41) is 15.0. The summed E-state index contributed by atoms with van der Waals surface area (Å²) in [7, 11) is 0. The third-order valence-corrected chi connectivity index (χ3v) is 4.36. The van der Waals surface area contributed by atoms with Gasteiger partial charge in [0.2, 0.25) is 0 Å². The summed E-state index contributed by atoms with van der Waals surface area (Å²) in [6.45, 7) is 11.0. The normalized spacial score (nSPS) is 16.5. The molecule has 0 aromatic carbocycles. The summed E-state index contributed by atoms with van der Waals surface area (Å²) < 4.78 is 0. The van der Waals surface area contributed by atoms with Crippen LogP contribution in [0.5, 0.6) is 5.75 Å². The average molecular weight is 335 g/mol. The van der Waals surface area contributed by atoms with Gasteiger partial charge in [-0.05, 0) is 43.7 Å². The monoisotopic (exact) mass is 335 g/mol. The maximum absolute atomic E-state index is 10.0. The van der Waals surface area contributed by atoms with Gasteiger partial charge in [-0.25, -0.2) is 0 Å². The molecule has 1 aromatic rings. The molecule has 0 saturated carbocycles. The zero-order valence-corrected chi connectivity index (χ0v) is 14.9. The van der Waals surface area contributed by atoms with E-state index >= 15 is 0 Å². The van der Waals surface area contributed by atoms with E-state index in [4.69, 9.17) is 12.2 Å². The zero-order valence-electron chi connectivity index (χ0n) is 14.0. The van der Waals surface area contributed by atoms with Crippen LogP contribution in [0.1, 0.15) is 31.5 Å². The first kappa shape index (κ1) is 17.6. The van der Waals surface area contributed by atoms with Crippen LogP contribution in [-0.4, -0.2) is 63.4 Å². The minimum Gasteiger partial charge on any atom is -0.506 e. The molecule has 0 bridgehead atoms. The number of rotatable bonds is 4. The van der Waals surface area contributed by atoms with Gasteiger partial charge in [0.15, 0.2) is 5.11 Å². The number of hydrazone groups is 1. The van der Waals surface area contributed by atoms with E-state index in [-0.39, 0.29) is 5.75 Å². The molecule has 0 amide bonds. The standard InChI is InChI=1S/C16H25N5OS/c1-4-13(15-14(22)10-12(3)11-17-15)18-19-16(23)21-8-6-20(5-2)7-9-21/h10-11,22H,4-9H2,1-3H3,(H,19,23)/b18-13-. The van der Waals surface area contributed by atoms with Crippen LogP contribution in [0, 0.1) is 6.92 Å². The number of hydrogen-bond acceptors (Lipinski definition) is 5. The Bertz CT molecular complexity index is 582. The van der Waals surface area contributed by atoms with E-state index in [2.05, 4.69) is 32.2 Å². The molecule has 2 N–H and O–H groups in total. The fourth-order valence-corrected chi connectivity index (χ4v) is 2.76. The van der Waals surface area contributed by atoms with Crippen molar-refractivity contribution in [2.45, 2.75) is 27.2 Å². The van der Waals surface area contributed by atoms with Gasteiger partial charge in [-0.3, -0.25) is 10.4 Å². The molecule has 1 aliphatic rings. The van der Waals surface area contributed by atoms with Crippen LogP contribution < -0.4 is 5.43 Å². The van der Waals surface area contributed by atoms with Crippen LogP contribution in [0.15, 0.2) is 17.4 Å². The Morgan fingerprint density at radius 2 is 2.04 bits per heavy atom. The number of likely N-dealkylation sites (N-methyl/N-ethyl adjacent to an activating group) is 1. The molecule has 0 aliphatic carbocycles. The first-order valence-electron chi connectivity index (χ1n) is 8.05. The van der Waals surface area contributed by atoms with Gasteiger partial charge in [0, 0.05) is 32.4 Å². The topological polar surface area (TPSA) is 64.0 Å². The van der Waals surface area contributed by atoms with E-state index in [9.17, 15) is 5.11 Å². The maximum atomic E-state index is 10.0. The molecule has 1 saturated heterocycles. The minimum absolute atomic E-state index is 0.148. The molecule has 1 aliphatic heterocycles. The minimum atomic E-state index is 0.148. The molecule has 0 atom stereocenters. The van der Waals surface area contributed by atoms with Crippen molar-refractivity contribution >= 4 is 23.0 Å². The van der Waals surface area contributed by atoms with Gasteiger partial charge in [0.1, 0.15) is 11.4 Å². The number of aromatic hydroxyl groups is 1. The fraction of sp³-hybridized carbons (Fsp3) is 0.562. The maximum Gasteiger partial charge on any atom is 0.189 e. The molecular weight excluding hydrogens is 310 g/mol. The van der Waals surface area contributed by atoms with Crippen LogP contribution in [0.25, 0.3) is 0 Å². The molecule has 6 nitrogen and oxygen atoms in total. The predicted octanol–water partition coefficient (Wildman–Crippen LogP) is 1.72. The van der Waals surface area contributed by atoms with Crippen LogP contribution in [0.4, 0.5) is 0 Å². The molecular formula is C16H25N5OS. The molecule has 23 heavy (non-hydrogen) atoms. The largest absolute Gasteiger partial charge is 0.506 e. The summed E-state index contributed by atoms with van der Waals surface area (Å²) in [6.07, 6.45) is 2.38. The lowest BCUT2D eigenvalue weighted by molar-refractivity contribution is 0.189. The number of pyridine rings is 1. The van der Waals surface area contributed by atoms with Crippen LogP contribution >= 0.6 is 12.2 Å². The van der Waals surface area contributed by atoms with E-state index in [0.717, 1.165) is 38.3 Å². The highest BCUT2D eigenvalue weighted by Crippen LogP contribution is 2.17. The zero-order chi connectivity index (χ0) is 16.8. The van der Waals surface area contributed by atoms with Crippen molar-refractivity contribution in [3.05, 3.63) is 23.5 Å². The fourth-order valence-electron chi connectivity index (χ4n) is 2.53. The van der Waals surface area contributed by atoms with E-state index in [0.29, 0.717) is 22.9 Å². The smallest absolute Gasteiger partial charge is 0.189 e. The van der Waals surface area contributed by atoms with E-state index in [1.165, 1.54) is 0 Å². The Morgan fingerprint density at radius 1 is 1.35 bits per heavy atom. The van der Waals surface area contributed by atoms with Crippen LogP contribution in [0.2, 0.25) is 0 Å². The highest BCUT2D eigenvalue weighted by Gasteiger charge is 2.17. The third-order valence-electron chi connectivity index (χ3n) is 4.01. The molecule has 0 spiro atoms. The van der Waals surface area contributed by atoms with E-state index in [1.54, 1.807) is 12.3 Å². The third kappa shape index (κ3) is 4.62. The van der Waals surface area contributed by atoms with Gasteiger partial charge in [0.05, 0.1) is 5.71 Å². The van der Waals surface area contributed by atoms with Gasteiger partial charge < -0.3 is 14.9 Å². The van der Waals surface area contributed by atoms with Crippen molar-refractivity contribution in [1.82, 2.24) is 20.2 Å². The van der Waals surface area contributed by atoms with Crippen molar-refractivity contribution in [2.24, 2.45) is 5.10 Å². The number of hydrogen-bond donors (Lipinski definition) is 2. The quantitative estimate of drug-likeness (QED) is 0.496. The van der Waals surface area contributed by atoms with E-state index in [1.807, 2.05) is 13.8 Å². The second-order valence-corrected chi connectivity index (χ2v) is 6.02. The lowest BCUT2D eigenvalue weighted by atomic mass is 10.1. The van der Waals surface area contributed by atoms with Gasteiger partial charge in [-0.15, -0.1) is 0 Å². The van der Waals surface area contributed by atoms with Gasteiger partial charge in [-0.1, -0.05) is 13.8 Å².